The number of hydrogen-bond donors (Lipinski definition) is 2. The fourth-order valence-electron chi connectivity index (χ4n) is 1.61. The van der Waals surface area contributed by atoms with Crippen LogP contribution in [0.3, 0.4) is 0 Å². The number of hydrogen-bond acceptors (Lipinski definition) is 7. The minimum Gasteiger partial charge on any atom is -0.382 e. The number of rotatable bonds is 6. The molecule has 18 heavy (non-hydrogen) atoms. The van der Waals surface area contributed by atoms with Gasteiger partial charge in [0.25, 0.3) is 0 Å². The second-order valence-corrected chi connectivity index (χ2v) is 4.66. The lowest BCUT2D eigenvalue weighted by Crippen LogP contribution is -2.27. The molecular formula is C11H16N4O2S. The predicted molar refractivity (Wildman–Crippen MR) is 73.0 cm³/mol. The van der Waals surface area contributed by atoms with Crippen LogP contribution >= 0.6 is 11.3 Å². The van der Waals surface area contributed by atoms with Gasteiger partial charge in [-0.05, 0) is 11.4 Å². The van der Waals surface area contributed by atoms with Gasteiger partial charge in [-0.3, -0.25) is 0 Å². The standard InChI is InChI=1S/C11H16N4O2S/c1-16-6-7(17-2)5-13-9-8-3-4-18-10(8)15-11(12)14-9/h3-4,7H,5-6H2,1-2H3,(H3,12,13,14,15). The summed E-state index contributed by atoms with van der Waals surface area (Å²) in [4.78, 5) is 9.26. The molecule has 1 atom stereocenters. The molecule has 0 aliphatic heterocycles. The largest absolute Gasteiger partial charge is 0.382 e. The summed E-state index contributed by atoms with van der Waals surface area (Å²) in [5.41, 5.74) is 5.67. The molecule has 0 saturated heterocycles. The predicted octanol–water partition coefficient (Wildman–Crippen LogP) is 1.35. The smallest absolute Gasteiger partial charge is 0.223 e. The quantitative estimate of drug-likeness (QED) is 0.823. The number of methoxy groups -OCH3 is 2. The monoisotopic (exact) mass is 268 g/mol. The average molecular weight is 268 g/mol. The molecule has 2 heterocycles. The van der Waals surface area contributed by atoms with E-state index in [1.54, 1.807) is 14.2 Å². The van der Waals surface area contributed by atoms with Crippen LogP contribution in [-0.4, -0.2) is 43.4 Å². The van der Waals surface area contributed by atoms with Gasteiger partial charge in [-0.1, -0.05) is 0 Å². The van der Waals surface area contributed by atoms with Crippen molar-refractivity contribution < 1.29 is 9.47 Å². The highest BCUT2D eigenvalue weighted by Gasteiger charge is 2.10. The normalized spacial score (nSPS) is 12.8. The van der Waals surface area contributed by atoms with Crippen molar-refractivity contribution in [2.75, 3.05) is 38.4 Å². The number of fused-ring (bicyclic) bond motifs is 1. The zero-order valence-corrected chi connectivity index (χ0v) is 11.2. The Morgan fingerprint density at radius 2 is 2.28 bits per heavy atom. The number of nitrogen functional groups attached to an aromatic ring is 1. The number of aromatic nitrogens is 2. The summed E-state index contributed by atoms with van der Waals surface area (Å²) < 4.78 is 10.3. The Labute approximate surface area is 109 Å². The molecule has 2 rings (SSSR count). The lowest BCUT2D eigenvalue weighted by molar-refractivity contribution is 0.0365. The van der Waals surface area contributed by atoms with Gasteiger partial charge in [-0.25, -0.2) is 4.98 Å². The van der Waals surface area contributed by atoms with Crippen LogP contribution in [0.5, 0.6) is 0 Å². The van der Waals surface area contributed by atoms with Gasteiger partial charge in [0.15, 0.2) is 0 Å². The molecule has 7 heteroatoms. The Bertz CT molecular complexity index is 517. The van der Waals surface area contributed by atoms with Gasteiger partial charge in [0.2, 0.25) is 5.95 Å². The van der Waals surface area contributed by atoms with Crippen molar-refractivity contribution in [1.29, 1.82) is 0 Å². The van der Waals surface area contributed by atoms with E-state index < -0.39 is 0 Å². The van der Waals surface area contributed by atoms with Crippen molar-refractivity contribution in [2.45, 2.75) is 6.10 Å². The third-order valence-corrected chi connectivity index (χ3v) is 3.33. The van der Waals surface area contributed by atoms with Gasteiger partial charge in [0, 0.05) is 20.8 Å². The third-order valence-electron chi connectivity index (χ3n) is 2.53. The molecular weight excluding hydrogens is 252 g/mol. The lowest BCUT2D eigenvalue weighted by Gasteiger charge is -2.15. The maximum absolute atomic E-state index is 5.67. The van der Waals surface area contributed by atoms with E-state index in [1.165, 1.54) is 11.3 Å². The van der Waals surface area contributed by atoms with Crippen molar-refractivity contribution in [1.82, 2.24) is 9.97 Å². The molecule has 0 aromatic carbocycles. The first-order valence-electron chi connectivity index (χ1n) is 5.51. The van der Waals surface area contributed by atoms with Crippen LogP contribution in [0.4, 0.5) is 11.8 Å². The Morgan fingerprint density at radius 1 is 1.44 bits per heavy atom. The van der Waals surface area contributed by atoms with Crippen molar-refractivity contribution in [3.05, 3.63) is 11.4 Å². The van der Waals surface area contributed by atoms with Crippen LogP contribution in [0.2, 0.25) is 0 Å². The molecule has 1 unspecified atom stereocenters. The summed E-state index contributed by atoms with van der Waals surface area (Å²) in [5.74, 6) is 1.00. The molecule has 6 nitrogen and oxygen atoms in total. The number of anilines is 2. The molecule has 2 aromatic heterocycles. The van der Waals surface area contributed by atoms with Crippen molar-refractivity contribution in [3.63, 3.8) is 0 Å². The maximum atomic E-state index is 5.67. The van der Waals surface area contributed by atoms with Gasteiger partial charge < -0.3 is 20.5 Å². The topological polar surface area (TPSA) is 82.3 Å². The number of nitrogens with one attached hydrogen (secondary N) is 1. The lowest BCUT2D eigenvalue weighted by atomic mass is 10.3. The SMILES string of the molecule is COCC(CNc1nc(N)nc2sccc12)OC. The maximum Gasteiger partial charge on any atom is 0.223 e. The molecule has 0 amide bonds. The van der Waals surface area contributed by atoms with Gasteiger partial charge in [0.1, 0.15) is 10.6 Å². The van der Waals surface area contributed by atoms with Crippen LogP contribution < -0.4 is 11.1 Å². The van der Waals surface area contributed by atoms with Gasteiger partial charge in [-0.2, -0.15) is 4.98 Å². The van der Waals surface area contributed by atoms with E-state index in [0.29, 0.717) is 13.2 Å². The summed E-state index contributed by atoms with van der Waals surface area (Å²) in [6, 6.07) is 1.97. The van der Waals surface area contributed by atoms with Gasteiger partial charge in [0.05, 0.1) is 18.1 Å². The number of thiophene rings is 1. The molecule has 0 bridgehead atoms. The highest BCUT2D eigenvalue weighted by Crippen LogP contribution is 2.25. The molecule has 3 N–H and O–H groups in total. The van der Waals surface area contributed by atoms with E-state index in [2.05, 4.69) is 15.3 Å². The fourth-order valence-corrected chi connectivity index (χ4v) is 2.38. The van der Waals surface area contributed by atoms with E-state index in [9.17, 15) is 0 Å². The summed E-state index contributed by atoms with van der Waals surface area (Å²) >= 11 is 1.54. The van der Waals surface area contributed by atoms with Crippen LogP contribution in [0.1, 0.15) is 0 Å². The first-order valence-corrected chi connectivity index (χ1v) is 6.39. The molecule has 0 fully saturated rings. The highest BCUT2D eigenvalue weighted by atomic mass is 32.1. The zero-order valence-electron chi connectivity index (χ0n) is 10.3. The third kappa shape index (κ3) is 2.87. The minimum atomic E-state index is -0.0279. The molecule has 0 aliphatic rings. The fraction of sp³-hybridized carbons (Fsp3) is 0.455. The number of nitrogens with two attached hydrogens (primary N) is 1. The van der Waals surface area contributed by atoms with E-state index in [0.717, 1.165) is 16.0 Å². The molecule has 0 saturated carbocycles. The molecule has 98 valence electrons. The van der Waals surface area contributed by atoms with E-state index >= 15 is 0 Å². The van der Waals surface area contributed by atoms with Gasteiger partial charge in [-0.15, -0.1) is 11.3 Å². The summed E-state index contributed by atoms with van der Waals surface area (Å²) in [6.07, 6.45) is -0.0279. The molecule has 0 spiro atoms. The van der Waals surface area contributed by atoms with Crippen molar-refractivity contribution in [3.8, 4) is 0 Å². The summed E-state index contributed by atoms with van der Waals surface area (Å²) in [6.45, 7) is 1.13. The van der Waals surface area contributed by atoms with Crippen molar-refractivity contribution >= 4 is 33.3 Å². The minimum absolute atomic E-state index is 0.0279. The zero-order chi connectivity index (χ0) is 13.0. The Balaban J connectivity index is 2.13. The van der Waals surface area contributed by atoms with E-state index in [4.69, 9.17) is 15.2 Å². The van der Waals surface area contributed by atoms with E-state index in [-0.39, 0.29) is 12.1 Å². The Morgan fingerprint density at radius 3 is 3.00 bits per heavy atom. The van der Waals surface area contributed by atoms with Crippen LogP contribution in [0, 0.1) is 0 Å². The average Bonchev–Trinajstić information content (AvgIpc) is 2.82. The Hall–Kier alpha value is -1.44. The first-order chi connectivity index (χ1) is 8.74. The van der Waals surface area contributed by atoms with Crippen LogP contribution in [0.25, 0.3) is 10.2 Å². The van der Waals surface area contributed by atoms with Crippen molar-refractivity contribution in [2.24, 2.45) is 0 Å². The Kier molecular flexibility index (Phi) is 4.29. The van der Waals surface area contributed by atoms with Gasteiger partial charge >= 0.3 is 0 Å². The highest BCUT2D eigenvalue weighted by molar-refractivity contribution is 7.16. The second kappa shape index (κ2) is 5.94. The molecule has 0 radical (unpaired) electrons. The van der Waals surface area contributed by atoms with E-state index in [1.807, 2.05) is 11.4 Å². The van der Waals surface area contributed by atoms with Crippen LogP contribution in [-0.2, 0) is 9.47 Å². The van der Waals surface area contributed by atoms with Crippen LogP contribution in [0.15, 0.2) is 11.4 Å². The molecule has 0 aliphatic carbocycles. The summed E-state index contributed by atoms with van der Waals surface area (Å²) in [5, 5.41) is 6.16. The summed E-state index contributed by atoms with van der Waals surface area (Å²) in [7, 11) is 3.30. The first kappa shape index (κ1) is 13.0. The number of nitrogens with zero attached hydrogens (tertiary/aromatic N) is 2. The second-order valence-electron chi connectivity index (χ2n) is 3.76. The number of ether oxygens (including phenoxy) is 2. The molecule has 2 aromatic rings.